The Morgan fingerprint density at radius 2 is 1.23 bits per heavy atom. The molecule has 7 nitrogen and oxygen atoms in total. The molecule has 0 aromatic heterocycles. The fourth-order valence-electron chi connectivity index (χ4n) is 5.81. The largest absolute Gasteiger partial charge is 0.497 e. The van der Waals surface area contributed by atoms with Crippen LogP contribution >= 0.6 is 0 Å². The zero-order valence-corrected chi connectivity index (χ0v) is 27.8. The van der Waals surface area contributed by atoms with Gasteiger partial charge in [0.1, 0.15) is 42.3 Å². The number of hydrogen-bond acceptors (Lipinski definition) is 7. The highest BCUT2D eigenvalue weighted by atomic mass is 16.5. The van der Waals surface area contributed by atoms with Crippen LogP contribution in [-0.4, -0.2) is 50.0 Å². The van der Waals surface area contributed by atoms with Crippen LogP contribution in [0.5, 0.6) is 23.0 Å². The summed E-state index contributed by atoms with van der Waals surface area (Å²) in [7, 11) is 3.36. The third-order valence-electron chi connectivity index (χ3n) is 8.42. The first-order chi connectivity index (χ1) is 23.5. The van der Waals surface area contributed by atoms with Crippen LogP contribution in [0.1, 0.15) is 40.2 Å². The molecular weight excluding hydrogens is 600 g/mol. The van der Waals surface area contributed by atoms with Crippen LogP contribution in [0.3, 0.4) is 0 Å². The zero-order chi connectivity index (χ0) is 33.6. The van der Waals surface area contributed by atoms with Crippen molar-refractivity contribution < 1.29 is 24.1 Å². The minimum Gasteiger partial charge on any atom is -0.497 e. The predicted molar refractivity (Wildman–Crippen MR) is 191 cm³/mol. The van der Waals surface area contributed by atoms with Crippen LogP contribution in [0, 0.1) is 0 Å². The van der Waals surface area contributed by atoms with Gasteiger partial charge in [-0.05, 0) is 77.7 Å². The normalized spacial score (nSPS) is 11.8. The molecule has 0 spiro atoms. The van der Waals surface area contributed by atoms with Gasteiger partial charge in [-0.15, -0.1) is 0 Å². The van der Waals surface area contributed by atoms with E-state index in [1.54, 1.807) is 14.2 Å². The molecule has 7 heteroatoms. The fourth-order valence-corrected chi connectivity index (χ4v) is 5.81. The first-order valence-corrected chi connectivity index (χ1v) is 16.4. The van der Waals surface area contributed by atoms with Crippen molar-refractivity contribution in [1.82, 2.24) is 4.90 Å². The summed E-state index contributed by atoms with van der Waals surface area (Å²) in [5, 5.41) is 11.2. The van der Waals surface area contributed by atoms with Crippen molar-refractivity contribution in [2.45, 2.75) is 38.1 Å². The summed E-state index contributed by atoms with van der Waals surface area (Å²) in [6.07, 6.45) is 0.146. The first kappa shape index (κ1) is 34.5. The van der Waals surface area contributed by atoms with Gasteiger partial charge in [0.25, 0.3) is 0 Å². The molecule has 48 heavy (non-hydrogen) atoms. The fraction of sp³-hybridized carbons (Fsp3) is 0.268. The summed E-state index contributed by atoms with van der Waals surface area (Å²) in [6, 6.07) is 42.6. The van der Waals surface area contributed by atoms with Crippen molar-refractivity contribution in [3.8, 4) is 23.0 Å². The van der Waals surface area contributed by atoms with E-state index in [4.69, 9.17) is 24.7 Å². The lowest BCUT2D eigenvalue weighted by Gasteiger charge is -2.28. The molecule has 0 saturated heterocycles. The van der Waals surface area contributed by atoms with E-state index in [0.29, 0.717) is 32.0 Å². The molecule has 0 aliphatic heterocycles. The van der Waals surface area contributed by atoms with E-state index in [0.717, 1.165) is 41.3 Å². The molecule has 0 bridgehead atoms. The van der Waals surface area contributed by atoms with E-state index in [2.05, 4.69) is 41.3 Å². The molecule has 0 aliphatic carbocycles. The number of aliphatic hydroxyl groups excluding tert-OH is 1. The molecule has 250 valence electrons. The van der Waals surface area contributed by atoms with Crippen molar-refractivity contribution >= 4 is 0 Å². The molecule has 0 saturated carbocycles. The number of ether oxygens (including phenoxy) is 4. The Kier molecular flexibility index (Phi) is 12.9. The molecule has 5 aromatic carbocycles. The van der Waals surface area contributed by atoms with Gasteiger partial charge in [-0.2, -0.15) is 0 Å². The number of nitrogens with zero attached hydrogens (tertiary/aromatic N) is 1. The maximum absolute atomic E-state index is 11.2. The Morgan fingerprint density at radius 1 is 0.667 bits per heavy atom. The van der Waals surface area contributed by atoms with E-state index in [9.17, 15) is 5.11 Å². The van der Waals surface area contributed by atoms with Crippen LogP contribution in [0.2, 0.25) is 0 Å². The molecule has 0 heterocycles. The van der Waals surface area contributed by atoms with Gasteiger partial charge in [-0.1, -0.05) is 84.9 Å². The monoisotopic (exact) mass is 646 g/mol. The number of rotatable bonds is 18. The third kappa shape index (κ3) is 10.1. The topological polar surface area (TPSA) is 86.4 Å². The number of methoxy groups -OCH3 is 2. The van der Waals surface area contributed by atoms with Gasteiger partial charge in [-0.3, -0.25) is 4.90 Å². The van der Waals surface area contributed by atoms with Crippen LogP contribution < -0.4 is 24.7 Å². The molecule has 0 unspecified atom stereocenters. The molecule has 0 aliphatic rings. The van der Waals surface area contributed by atoms with Gasteiger partial charge in [-0.25, -0.2) is 0 Å². The van der Waals surface area contributed by atoms with Gasteiger partial charge in [0.05, 0.1) is 14.2 Å². The van der Waals surface area contributed by atoms with E-state index in [1.165, 1.54) is 16.7 Å². The predicted octanol–water partition coefficient (Wildman–Crippen LogP) is 7.21. The van der Waals surface area contributed by atoms with Gasteiger partial charge >= 0.3 is 0 Å². The maximum atomic E-state index is 11.2. The highest BCUT2D eigenvalue weighted by Crippen LogP contribution is 2.31. The Bertz CT molecular complexity index is 1600. The standard InChI is InChI=1S/C41H46N2O5/c1-45-37-17-13-33(14-18-37)40(34-15-19-38(46-2)20-16-34)23-24-43(27-31-9-5-3-6-10-31)28-36(44)30-47-39-21-22-41(35(25-39)26-42)48-29-32-11-7-4-8-12-32/h3-22,25,36,40,44H,23-24,26-30,42H2,1-2H3/t36-/m0/s1. The van der Waals surface area contributed by atoms with Gasteiger partial charge in [0, 0.05) is 31.1 Å². The van der Waals surface area contributed by atoms with Crippen molar-refractivity contribution in [2.75, 3.05) is 33.9 Å². The third-order valence-corrected chi connectivity index (χ3v) is 8.42. The second-order valence-corrected chi connectivity index (χ2v) is 11.8. The van der Waals surface area contributed by atoms with Crippen molar-refractivity contribution in [3.05, 3.63) is 155 Å². The Hall–Kier alpha value is -4.82. The lowest BCUT2D eigenvalue weighted by Crippen LogP contribution is -2.36. The van der Waals surface area contributed by atoms with E-state index in [-0.39, 0.29) is 12.5 Å². The highest BCUT2D eigenvalue weighted by Gasteiger charge is 2.19. The van der Waals surface area contributed by atoms with Crippen LogP contribution in [-0.2, 0) is 19.7 Å². The average molecular weight is 647 g/mol. The van der Waals surface area contributed by atoms with Crippen molar-refractivity contribution in [3.63, 3.8) is 0 Å². The lowest BCUT2D eigenvalue weighted by molar-refractivity contribution is 0.0647. The summed E-state index contributed by atoms with van der Waals surface area (Å²) in [5.41, 5.74) is 11.6. The first-order valence-electron chi connectivity index (χ1n) is 16.4. The van der Waals surface area contributed by atoms with Crippen LogP contribution in [0.25, 0.3) is 0 Å². The second-order valence-electron chi connectivity index (χ2n) is 11.8. The minimum atomic E-state index is -0.704. The minimum absolute atomic E-state index is 0.144. The smallest absolute Gasteiger partial charge is 0.124 e. The molecule has 0 amide bonds. The summed E-state index contributed by atoms with van der Waals surface area (Å²) in [5.74, 6) is 3.18. The molecule has 3 N–H and O–H groups in total. The summed E-state index contributed by atoms with van der Waals surface area (Å²) in [4.78, 5) is 2.30. The summed E-state index contributed by atoms with van der Waals surface area (Å²) < 4.78 is 22.9. The molecule has 0 radical (unpaired) electrons. The molecule has 5 rings (SSSR count). The van der Waals surface area contributed by atoms with E-state index in [1.807, 2.05) is 91.0 Å². The lowest BCUT2D eigenvalue weighted by atomic mass is 9.88. The SMILES string of the molecule is COc1ccc(C(CCN(Cc2ccccc2)C[C@H](O)COc2ccc(OCc3ccccc3)c(CN)c2)c2ccc(OC)cc2)cc1. The number of benzene rings is 5. The van der Waals surface area contributed by atoms with Gasteiger partial charge in [0.15, 0.2) is 0 Å². The highest BCUT2D eigenvalue weighted by molar-refractivity contribution is 5.41. The Labute approximate surface area is 284 Å². The van der Waals surface area contributed by atoms with Crippen molar-refractivity contribution in [2.24, 2.45) is 5.73 Å². The number of nitrogens with two attached hydrogens (primary N) is 1. The Morgan fingerprint density at radius 3 is 1.79 bits per heavy atom. The van der Waals surface area contributed by atoms with E-state index >= 15 is 0 Å². The second kappa shape index (κ2) is 17.9. The zero-order valence-electron chi connectivity index (χ0n) is 27.8. The van der Waals surface area contributed by atoms with E-state index < -0.39 is 6.10 Å². The molecular formula is C41H46N2O5. The van der Waals surface area contributed by atoms with Crippen LogP contribution in [0.15, 0.2) is 127 Å². The van der Waals surface area contributed by atoms with Gasteiger partial charge in [0.2, 0.25) is 0 Å². The molecule has 5 aromatic rings. The van der Waals surface area contributed by atoms with Crippen molar-refractivity contribution in [1.29, 1.82) is 0 Å². The number of hydrogen-bond donors (Lipinski definition) is 2. The van der Waals surface area contributed by atoms with Gasteiger partial charge < -0.3 is 29.8 Å². The Balaban J connectivity index is 1.25. The average Bonchev–Trinajstić information content (AvgIpc) is 3.14. The quantitative estimate of drug-likeness (QED) is 0.104. The molecule has 1 atom stereocenters. The maximum Gasteiger partial charge on any atom is 0.124 e. The molecule has 0 fully saturated rings. The summed E-state index contributed by atoms with van der Waals surface area (Å²) >= 11 is 0. The number of aliphatic hydroxyl groups is 1. The summed E-state index contributed by atoms with van der Waals surface area (Å²) in [6.45, 7) is 2.86. The van der Waals surface area contributed by atoms with Crippen LogP contribution in [0.4, 0.5) is 0 Å².